The Kier molecular flexibility index (Phi) is 5.72. The predicted molar refractivity (Wildman–Crippen MR) is 67.9 cm³/mol. The lowest BCUT2D eigenvalue weighted by atomic mass is 9.96. The van der Waals surface area contributed by atoms with E-state index in [1.165, 1.54) is 11.1 Å². The summed E-state index contributed by atoms with van der Waals surface area (Å²) in [6.45, 7) is 6.37. The second-order valence-electron chi connectivity index (χ2n) is 3.78. The van der Waals surface area contributed by atoms with Crippen LogP contribution < -0.4 is 5.73 Å². The summed E-state index contributed by atoms with van der Waals surface area (Å²) in [6, 6.07) is 6.44. The summed E-state index contributed by atoms with van der Waals surface area (Å²) in [7, 11) is 0. The van der Waals surface area contributed by atoms with Gasteiger partial charge in [-0.2, -0.15) is 0 Å². The van der Waals surface area contributed by atoms with Crippen LogP contribution in [0.3, 0.4) is 0 Å². The van der Waals surface area contributed by atoms with E-state index in [0.29, 0.717) is 5.92 Å². The Balaban J connectivity index is 0.00000169. The van der Waals surface area contributed by atoms with Crippen molar-refractivity contribution >= 4 is 28.3 Å². The molecule has 0 aromatic heterocycles. The molecule has 0 unspecified atom stereocenters. The second-order valence-corrected chi connectivity index (χ2v) is 4.63. The molecule has 14 heavy (non-hydrogen) atoms. The highest BCUT2D eigenvalue weighted by atomic mass is 79.9. The van der Waals surface area contributed by atoms with Gasteiger partial charge in [-0.15, -0.1) is 12.4 Å². The molecular formula is C11H17BrClN. The van der Waals surface area contributed by atoms with Gasteiger partial charge >= 0.3 is 0 Å². The van der Waals surface area contributed by atoms with Crippen molar-refractivity contribution in [2.45, 2.75) is 26.8 Å². The SMILES string of the molecule is Cc1cc([C@@H](N)C(C)C)ccc1Br.Cl. The number of rotatable bonds is 2. The Bertz CT molecular complexity index is 299. The van der Waals surface area contributed by atoms with Crippen molar-refractivity contribution in [3.05, 3.63) is 33.8 Å². The topological polar surface area (TPSA) is 26.0 Å². The van der Waals surface area contributed by atoms with E-state index in [1.54, 1.807) is 0 Å². The van der Waals surface area contributed by atoms with Crippen molar-refractivity contribution in [1.82, 2.24) is 0 Å². The molecule has 1 aromatic carbocycles. The summed E-state index contributed by atoms with van der Waals surface area (Å²) in [5, 5.41) is 0. The van der Waals surface area contributed by atoms with Crippen LogP contribution in [0.25, 0.3) is 0 Å². The first-order chi connectivity index (χ1) is 6.02. The minimum Gasteiger partial charge on any atom is -0.324 e. The number of aryl methyl sites for hydroxylation is 1. The third-order valence-electron chi connectivity index (χ3n) is 2.29. The van der Waals surface area contributed by atoms with Crippen molar-refractivity contribution in [3.63, 3.8) is 0 Å². The fraction of sp³-hybridized carbons (Fsp3) is 0.455. The Hall–Kier alpha value is -0.0500. The number of hydrogen-bond acceptors (Lipinski definition) is 1. The summed E-state index contributed by atoms with van der Waals surface area (Å²) < 4.78 is 1.15. The van der Waals surface area contributed by atoms with E-state index in [9.17, 15) is 0 Å². The van der Waals surface area contributed by atoms with Gasteiger partial charge in [0.2, 0.25) is 0 Å². The third-order valence-corrected chi connectivity index (χ3v) is 3.17. The van der Waals surface area contributed by atoms with Crippen LogP contribution in [-0.4, -0.2) is 0 Å². The van der Waals surface area contributed by atoms with Gasteiger partial charge in [0.05, 0.1) is 0 Å². The largest absolute Gasteiger partial charge is 0.324 e. The van der Waals surface area contributed by atoms with Crippen LogP contribution in [0.2, 0.25) is 0 Å². The van der Waals surface area contributed by atoms with Gasteiger partial charge in [0.25, 0.3) is 0 Å². The van der Waals surface area contributed by atoms with Crippen LogP contribution in [0, 0.1) is 12.8 Å². The summed E-state index contributed by atoms with van der Waals surface area (Å²) in [5.74, 6) is 0.487. The Morgan fingerprint density at radius 2 is 1.86 bits per heavy atom. The van der Waals surface area contributed by atoms with E-state index in [4.69, 9.17) is 5.73 Å². The zero-order valence-electron chi connectivity index (χ0n) is 8.75. The zero-order valence-corrected chi connectivity index (χ0v) is 11.2. The lowest BCUT2D eigenvalue weighted by Crippen LogP contribution is -2.16. The molecule has 0 aliphatic rings. The Labute approximate surface area is 101 Å². The number of benzene rings is 1. The molecular weight excluding hydrogens is 261 g/mol. The predicted octanol–water partition coefficient (Wildman–Crippen LogP) is 3.84. The van der Waals surface area contributed by atoms with Gasteiger partial charge in [0.1, 0.15) is 0 Å². The van der Waals surface area contributed by atoms with Crippen LogP contribution in [-0.2, 0) is 0 Å². The summed E-state index contributed by atoms with van der Waals surface area (Å²) in [6.07, 6.45) is 0. The van der Waals surface area contributed by atoms with Crippen molar-refractivity contribution in [3.8, 4) is 0 Å². The molecule has 0 saturated heterocycles. The standard InChI is InChI=1S/C11H16BrN.ClH/c1-7(2)11(13)9-4-5-10(12)8(3)6-9;/h4-7,11H,13H2,1-3H3;1H/t11-;/m0./s1. The van der Waals surface area contributed by atoms with Gasteiger partial charge in [0.15, 0.2) is 0 Å². The highest BCUT2D eigenvalue weighted by Crippen LogP contribution is 2.23. The molecule has 0 bridgehead atoms. The molecule has 1 atom stereocenters. The fourth-order valence-electron chi connectivity index (χ4n) is 1.26. The molecule has 3 heteroatoms. The van der Waals surface area contributed by atoms with Gasteiger partial charge in [-0.25, -0.2) is 0 Å². The van der Waals surface area contributed by atoms with E-state index < -0.39 is 0 Å². The molecule has 1 nitrogen and oxygen atoms in total. The van der Waals surface area contributed by atoms with E-state index in [2.05, 4.69) is 54.9 Å². The monoisotopic (exact) mass is 277 g/mol. The molecule has 0 fully saturated rings. The molecule has 0 saturated carbocycles. The second kappa shape index (κ2) is 5.74. The smallest absolute Gasteiger partial charge is 0.0318 e. The molecule has 0 radical (unpaired) electrons. The van der Waals surface area contributed by atoms with Gasteiger partial charge < -0.3 is 5.73 Å². The fourth-order valence-corrected chi connectivity index (χ4v) is 1.51. The maximum Gasteiger partial charge on any atom is 0.0318 e. The molecule has 2 N–H and O–H groups in total. The number of nitrogens with two attached hydrogens (primary N) is 1. The van der Waals surface area contributed by atoms with Crippen molar-refractivity contribution in [2.75, 3.05) is 0 Å². The van der Waals surface area contributed by atoms with E-state index in [0.717, 1.165) is 4.47 Å². The summed E-state index contributed by atoms with van der Waals surface area (Å²) >= 11 is 3.47. The molecule has 0 aliphatic carbocycles. The van der Waals surface area contributed by atoms with Crippen LogP contribution in [0.15, 0.2) is 22.7 Å². The summed E-state index contributed by atoms with van der Waals surface area (Å²) in [5.41, 5.74) is 8.50. The molecule has 1 aromatic rings. The Morgan fingerprint density at radius 3 is 2.29 bits per heavy atom. The molecule has 0 aliphatic heterocycles. The van der Waals surface area contributed by atoms with Gasteiger partial charge in [0, 0.05) is 10.5 Å². The molecule has 0 heterocycles. The molecule has 0 amide bonds. The minimum absolute atomic E-state index is 0. The van der Waals surface area contributed by atoms with Crippen molar-refractivity contribution in [1.29, 1.82) is 0 Å². The maximum atomic E-state index is 6.04. The average molecular weight is 279 g/mol. The number of halogens is 2. The minimum atomic E-state index is 0. The van der Waals surface area contributed by atoms with E-state index in [1.807, 2.05) is 0 Å². The average Bonchev–Trinajstić information content (AvgIpc) is 2.08. The number of hydrogen-bond donors (Lipinski definition) is 1. The normalized spacial score (nSPS) is 12.4. The van der Waals surface area contributed by atoms with Crippen molar-refractivity contribution < 1.29 is 0 Å². The third kappa shape index (κ3) is 3.26. The Morgan fingerprint density at radius 1 is 1.29 bits per heavy atom. The summed E-state index contributed by atoms with van der Waals surface area (Å²) in [4.78, 5) is 0. The quantitative estimate of drug-likeness (QED) is 0.874. The first kappa shape index (κ1) is 13.9. The lowest BCUT2D eigenvalue weighted by Gasteiger charge is -2.16. The zero-order chi connectivity index (χ0) is 10.0. The maximum absolute atomic E-state index is 6.04. The highest BCUT2D eigenvalue weighted by Gasteiger charge is 2.10. The van der Waals surface area contributed by atoms with Crippen molar-refractivity contribution in [2.24, 2.45) is 11.7 Å². The van der Waals surface area contributed by atoms with Gasteiger partial charge in [-0.1, -0.05) is 41.9 Å². The first-order valence-electron chi connectivity index (χ1n) is 4.54. The molecule has 1 rings (SSSR count). The van der Waals surface area contributed by atoms with Gasteiger partial charge in [-0.3, -0.25) is 0 Å². The van der Waals surface area contributed by atoms with Gasteiger partial charge in [-0.05, 0) is 30.0 Å². The lowest BCUT2D eigenvalue weighted by molar-refractivity contribution is 0.514. The molecule has 0 spiro atoms. The van der Waals surface area contributed by atoms with Crippen LogP contribution >= 0.6 is 28.3 Å². The van der Waals surface area contributed by atoms with E-state index >= 15 is 0 Å². The van der Waals surface area contributed by atoms with Crippen LogP contribution in [0.4, 0.5) is 0 Å². The molecule has 80 valence electrons. The van der Waals surface area contributed by atoms with E-state index in [-0.39, 0.29) is 18.4 Å². The van der Waals surface area contributed by atoms with Crippen LogP contribution in [0.5, 0.6) is 0 Å². The first-order valence-corrected chi connectivity index (χ1v) is 5.33. The van der Waals surface area contributed by atoms with Crippen LogP contribution in [0.1, 0.15) is 31.0 Å². The highest BCUT2D eigenvalue weighted by molar-refractivity contribution is 9.10.